The minimum Gasteiger partial charge on any atom is -0.338 e. The van der Waals surface area contributed by atoms with E-state index in [1.807, 2.05) is 31.2 Å². The van der Waals surface area contributed by atoms with Crippen molar-refractivity contribution in [3.63, 3.8) is 0 Å². The number of fused-ring (bicyclic) bond motifs is 3. The number of nitrogens with zero attached hydrogens (tertiary/aromatic N) is 8. The van der Waals surface area contributed by atoms with Gasteiger partial charge in [0.25, 0.3) is 11.6 Å². The summed E-state index contributed by atoms with van der Waals surface area (Å²) in [7, 11) is 0. The van der Waals surface area contributed by atoms with Crippen molar-refractivity contribution >= 4 is 34.1 Å². The maximum Gasteiger partial charge on any atom is 0.280 e. The summed E-state index contributed by atoms with van der Waals surface area (Å²) in [5.74, 6) is 0.734. The minimum absolute atomic E-state index is 0.0747. The third kappa shape index (κ3) is 4.08. The molecule has 0 unspecified atom stereocenters. The Morgan fingerprint density at radius 2 is 1.85 bits per heavy atom. The zero-order valence-electron chi connectivity index (χ0n) is 20.9. The number of carbonyl (C=O) groups is 1. The molecule has 39 heavy (non-hydrogen) atoms. The molecule has 1 aliphatic heterocycles. The van der Waals surface area contributed by atoms with E-state index in [1.54, 1.807) is 51.8 Å². The standard InChI is InChI=1S/C28H22N8O3/c1-18-17-33(13-14-34(18)27(37)20-8-6-7-19(15-20)16-29)28-30-23-11-4-2-9-21(23)25-31-32-26(35(25)28)22-10-3-5-12-24(22)36(38)39/h2-12,15,18H,13-14,17H2,1H3/t18-/m1/s1. The molecule has 192 valence electrons. The summed E-state index contributed by atoms with van der Waals surface area (Å²) in [6.07, 6.45) is 0. The zero-order valence-corrected chi connectivity index (χ0v) is 20.9. The molecule has 1 saturated heterocycles. The van der Waals surface area contributed by atoms with Gasteiger partial charge in [0.05, 0.1) is 27.6 Å². The predicted octanol–water partition coefficient (Wildman–Crippen LogP) is 4.08. The fraction of sp³-hybridized carbons (Fsp3) is 0.179. The highest BCUT2D eigenvalue weighted by Gasteiger charge is 2.31. The van der Waals surface area contributed by atoms with Crippen LogP contribution < -0.4 is 4.90 Å². The number of piperazine rings is 1. The molecule has 0 saturated carbocycles. The Balaban J connectivity index is 1.43. The van der Waals surface area contributed by atoms with Gasteiger partial charge in [-0.05, 0) is 43.3 Å². The normalized spacial score (nSPS) is 15.4. The number of nitriles is 1. The fourth-order valence-electron chi connectivity index (χ4n) is 5.10. The molecule has 11 heteroatoms. The molecule has 11 nitrogen and oxygen atoms in total. The van der Waals surface area contributed by atoms with Crippen molar-refractivity contribution in [2.24, 2.45) is 0 Å². The van der Waals surface area contributed by atoms with E-state index in [2.05, 4.69) is 21.2 Å². The Morgan fingerprint density at radius 1 is 1.05 bits per heavy atom. The second-order valence-corrected chi connectivity index (χ2v) is 9.37. The number of rotatable bonds is 4. The molecule has 1 aliphatic rings. The van der Waals surface area contributed by atoms with Crippen LogP contribution in [0.15, 0.2) is 72.8 Å². The van der Waals surface area contributed by atoms with Crippen molar-refractivity contribution in [2.75, 3.05) is 24.5 Å². The summed E-state index contributed by atoms with van der Waals surface area (Å²) >= 11 is 0. The van der Waals surface area contributed by atoms with E-state index in [0.717, 1.165) is 10.9 Å². The van der Waals surface area contributed by atoms with Crippen molar-refractivity contribution < 1.29 is 9.72 Å². The smallest absolute Gasteiger partial charge is 0.280 e. The molecule has 0 spiro atoms. The van der Waals surface area contributed by atoms with E-state index < -0.39 is 4.92 Å². The first-order chi connectivity index (χ1) is 19.0. The first kappa shape index (κ1) is 24.0. The molecule has 0 aliphatic carbocycles. The van der Waals surface area contributed by atoms with Crippen molar-refractivity contribution in [2.45, 2.75) is 13.0 Å². The van der Waals surface area contributed by atoms with Crippen molar-refractivity contribution in [3.8, 4) is 17.5 Å². The second kappa shape index (κ2) is 9.50. The Labute approximate surface area is 222 Å². The second-order valence-electron chi connectivity index (χ2n) is 9.37. The number of aromatic nitrogens is 4. The van der Waals surface area contributed by atoms with Crippen LogP contribution in [0, 0.1) is 21.4 Å². The van der Waals surface area contributed by atoms with Gasteiger partial charge < -0.3 is 9.80 Å². The van der Waals surface area contributed by atoms with E-state index in [1.165, 1.54) is 6.07 Å². The summed E-state index contributed by atoms with van der Waals surface area (Å²) in [6, 6.07) is 22.6. The first-order valence-corrected chi connectivity index (χ1v) is 12.4. The van der Waals surface area contributed by atoms with E-state index >= 15 is 0 Å². The number of carbonyl (C=O) groups excluding carboxylic acids is 1. The number of para-hydroxylation sites is 2. The molecule has 3 aromatic carbocycles. The number of nitro groups is 1. The van der Waals surface area contributed by atoms with Crippen LogP contribution in [0.25, 0.3) is 27.9 Å². The number of anilines is 1. The van der Waals surface area contributed by atoms with Gasteiger partial charge in [-0.1, -0.05) is 30.3 Å². The van der Waals surface area contributed by atoms with Crippen LogP contribution in [-0.4, -0.2) is 61.0 Å². The third-order valence-electron chi connectivity index (χ3n) is 6.98. The summed E-state index contributed by atoms with van der Waals surface area (Å²) in [4.78, 5) is 33.5. The lowest BCUT2D eigenvalue weighted by atomic mass is 10.1. The van der Waals surface area contributed by atoms with E-state index in [0.29, 0.717) is 53.7 Å². The third-order valence-corrected chi connectivity index (χ3v) is 6.98. The SMILES string of the molecule is C[C@@H]1CN(c2nc3ccccc3c3nnc(-c4ccccc4[N+](=O)[O-])n23)CCN1C(=O)c1cccc(C#N)c1. The highest BCUT2D eigenvalue weighted by Crippen LogP contribution is 2.33. The Kier molecular flexibility index (Phi) is 5.84. The molecule has 0 bridgehead atoms. The van der Waals surface area contributed by atoms with Crippen molar-refractivity contribution in [1.29, 1.82) is 5.26 Å². The van der Waals surface area contributed by atoms with E-state index in [-0.39, 0.29) is 17.6 Å². The average Bonchev–Trinajstić information content (AvgIpc) is 3.42. The van der Waals surface area contributed by atoms with Gasteiger partial charge in [0, 0.05) is 42.7 Å². The van der Waals surface area contributed by atoms with E-state index in [9.17, 15) is 20.2 Å². The highest BCUT2D eigenvalue weighted by atomic mass is 16.6. The molecule has 1 amide bonds. The van der Waals surface area contributed by atoms with Gasteiger partial charge in [-0.2, -0.15) is 5.26 Å². The fourth-order valence-corrected chi connectivity index (χ4v) is 5.10. The van der Waals surface area contributed by atoms with Crippen LogP contribution in [0.2, 0.25) is 0 Å². The van der Waals surface area contributed by atoms with Gasteiger partial charge in [-0.25, -0.2) is 9.38 Å². The summed E-state index contributed by atoms with van der Waals surface area (Å²) < 4.78 is 1.77. The minimum atomic E-state index is -0.432. The van der Waals surface area contributed by atoms with Crippen LogP contribution >= 0.6 is 0 Å². The number of nitro benzene ring substituents is 1. The van der Waals surface area contributed by atoms with Crippen molar-refractivity contribution in [1.82, 2.24) is 24.5 Å². The lowest BCUT2D eigenvalue weighted by Crippen LogP contribution is -2.54. The van der Waals surface area contributed by atoms with Crippen LogP contribution in [0.4, 0.5) is 11.6 Å². The highest BCUT2D eigenvalue weighted by molar-refractivity contribution is 5.95. The lowest BCUT2D eigenvalue weighted by molar-refractivity contribution is -0.384. The molecule has 3 heterocycles. The summed E-state index contributed by atoms with van der Waals surface area (Å²) in [5, 5.41) is 30.6. The first-order valence-electron chi connectivity index (χ1n) is 12.4. The monoisotopic (exact) mass is 518 g/mol. The van der Waals surface area contributed by atoms with Gasteiger partial charge in [0.1, 0.15) is 0 Å². The maximum absolute atomic E-state index is 13.3. The largest absolute Gasteiger partial charge is 0.338 e. The number of benzene rings is 3. The average molecular weight is 519 g/mol. The van der Waals surface area contributed by atoms with Crippen molar-refractivity contribution in [3.05, 3.63) is 94.0 Å². The van der Waals surface area contributed by atoms with Gasteiger partial charge >= 0.3 is 0 Å². The van der Waals surface area contributed by atoms with Crippen LogP contribution in [-0.2, 0) is 0 Å². The number of hydrogen-bond donors (Lipinski definition) is 0. The maximum atomic E-state index is 13.3. The summed E-state index contributed by atoms with van der Waals surface area (Å²) in [5.41, 5.74) is 2.44. The molecular formula is C28H22N8O3. The Bertz CT molecular complexity index is 1810. The van der Waals surface area contributed by atoms with Gasteiger partial charge in [0.15, 0.2) is 11.5 Å². The lowest BCUT2D eigenvalue weighted by Gasteiger charge is -2.40. The quantitative estimate of drug-likeness (QED) is 0.257. The molecule has 2 aromatic heterocycles. The molecule has 1 fully saturated rings. The number of amides is 1. The van der Waals surface area contributed by atoms with Gasteiger partial charge in [0.2, 0.25) is 5.95 Å². The number of hydrogen-bond acceptors (Lipinski definition) is 8. The Hall–Kier alpha value is -5.37. The Morgan fingerprint density at radius 3 is 2.64 bits per heavy atom. The topological polar surface area (TPSA) is 134 Å². The molecule has 0 N–H and O–H groups in total. The molecule has 6 rings (SSSR count). The molecular weight excluding hydrogens is 496 g/mol. The van der Waals surface area contributed by atoms with Crippen LogP contribution in [0.5, 0.6) is 0 Å². The van der Waals surface area contributed by atoms with Crippen LogP contribution in [0.1, 0.15) is 22.8 Å². The molecule has 0 radical (unpaired) electrons. The summed E-state index contributed by atoms with van der Waals surface area (Å²) in [6.45, 7) is 3.34. The van der Waals surface area contributed by atoms with Crippen LogP contribution in [0.3, 0.4) is 0 Å². The van der Waals surface area contributed by atoms with Gasteiger partial charge in [-0.3, -0.25) is 14.9 Å². The molecule has 5 aromatic rings. The predicted molar refractivity (Wildman–Crippen MR) is 144 cm³/mol. The zero-order chi connectivity index (χ0) is 27.1. The van der Waals surface area contributed by atoms with E-state index in [4.69, 9.17) is 4.98 Å². The van der Waals surface area contributed by atoms with Gasteiger partial charge in [-0.15, -0.1) is 10.2 Å². The molecule has 1 atom stereocenters.